The predicted molar refractivity (Wildman–Crippen MR) is 107 cm³/mol. The average Bonchev–Trinajstić information content (AvgIpc) is 2.62. The van der Waals surface area contributed by atoms with Gasteiger partial charge in [-0.15, -0.1) is 0 Å². The first-order valence-corrected chi connectivity index (χ1v) is 8.01. The van der Waals surface area contributed by atoms with Crippen LogP contribution in [0.1, 0.15) is 16.7 Å². The zero-order valence-corrected chi connectivity index (χ0v) is 13.8. The van der Waals surface area contributed by atoms with Crippen LogP contribution in [0.2, 0.25) is 0 Å². The first-order chi connectivity index (χ1) is 12.1. The van der Waals surface area contributed by atoms with Gasteiger partial charge in [-0.3, -0.25) is 0 Å². The molecule has 0 unspecified atom stereocenters. The van der Waals surface area contributed by atoms with Crippen molar-refractivity contribution in [1.29, 1.82) is 0 Å². The summed E-state index contributed by atoms with van der Waals surface area (Å²) in [7, 11) is 0. The van der Waals surface area contributed by atoms with E-state index >= 15 is 0 Å². The number of hydrogen-bond donors (Lipinski definition) is 3. The smallest absolute Gasteiger partial charge is 0.124 e. The summed E-state index contributed by atoms with van der Waals surface area (Å²) in [6, 6.07) is 22.8. The number of hydrogen-bond acceptors (Lipinski definition) is 3. The molecule has 124 valence electrons. The highest BCUT2D eigenvalue weighted by Gasteiger charge is 2.06. The number of benzene rings is 3. The van der Waals surface area contributed by atoms with Crippen LogP contribution < -0.4 is 11.1 Å². The standard InChI is InChI=1S/C22H20N2O/c1-16(19-10-4-7-13-22(19)25)24-21-12-6-3-9-18(21)15-14-17-8-2-5-11-20(17)23/h2-15,24-25H,1,23H2/b15-14+. The van der Waals surface area contributed by atoms with Crippen molar-refractivity contribution in [1.82, 2.24) is 0 Å². The maximum absolute atomic E-state index is 9.98. The highest BCUT2D eigenvalue weighted by molar-refractivity contribution is 5.85. The van der Waals surface area contributed by atoms with Crippen LogP contribution in [0.4, 0.5) is 11.4 Å². The van der Waals surface area contributed by atoms with Gasteiger partial charge in [0.15, 0.2) is 0 Å². The van der Waals surface area contributed by atoms with Gasteiger partial charge in [0, 0.05) is 22.6 Å². The molecular weight excluding hydrogens is 308 g/mol. The van der Waals surface area contributed by atoms with Crippen molar-refractivity contribution in [3.05, 3.63) is 96.1 Å². The monoisotopic (exact) mass is 328 g/mol. The molecular formula is C22H20N2O. The Morgan fingerprint density at radius 3 is 2.20 bits per heavy atom. The molecule has 0 saturated carbocycles. The van der Waals surface area contributed by atoms with Crippen molar-refractivity contribution in [3.63, 3.8) is 0 Å². The van der Waals surface area contributed by atoms with E-state index in [0.717, 1.165) is 22.5 Å². The van der Waals surface area contributed by atoms with Crippen molar-refractivity contribution >= 4 is 29.2 Å². The molecule has 0 aliphatic rings. The zero-order chi connectivity index (χ0) is 17.6. The van der Waals surface area contributed by atoms with E-state index in [9.17, 15) is 5.11 Å². The Bertz CT molecular complexity index is 929. The fraction of sp³-hybridized carbons (Fsp3) is 0. The van der Waals surface area contributed by atoms with Gasteiger partial charge in [0.05, 0.1) is 0 Å². The van der Waals surface area contributed by atoms with E-state index in [4.69, 9.17) is 5.73 Å². The van der Waals surface area contributed by atoms with Crippen LogP contribution in [0.15, 0.2) is 79.4 Å². The van der Waals surface area contributed by atoms with Gasteiger partial charge in [0.1, 0.15) is 5.75 Å². The lowest BCUT2D eigenvalue weighted by Gasteiger charge is -2.13. The maximum atomic E-state index is 9.98. The lowest BCUT2D eigenvalue weighted by atomic mass is 10.1. The van der Waals surface area contributed by atoms with E-state index in [-0.39, 0.29) is 5.75 Å². The molecule has 0 radical (unpaired) electrons. The minimum atomic E-state index is 0.199. The fourth-order valence-electron chi connectivity index (χ4n) is 2.56. The van der Waals surface area contributed by atoms with Gasteiger partial charge in [-0.25, -0.2) is 0 Å². The fourth-order valence-corrected chi connectivity index (χ4v) is 2.56. The molecule has 0 heterocycles. The van der Waals surface area contributed by atoms with Crippen molar-refractivity contribution < 1.29 is 5.11 Å². The second kappa shape index (κ2) is 7.41. The molecule has 0 bridgehead atoms. The molecule has 3 heteroatoms. The Kier molecular flexibility index (Phi) is 4.86. The number of aromatic hydroxyl groups is 1. The quantitative estimate of drug-likeness (QED) is 0.444. The van der Waals surface area contributed by atoms with Crippen molar-refractivity contribution in [2.75, 3.05) is 11.1 Å². The number of para-hydroxylation sites is 3. The molecule has 3 aromatic carbocycles. The van der Waals surface area contributed by atoms with Gasteiger partial charge < -0.3 is 16.2 Å². The van der Waals surface area contributed by atoms with Crippen LogP contribution in [0.3, 0.4) is 0 Å². The molecule has 0 aliphatic carbocycles. The molecule has 0 amide bonds. The van der Waals surface area contributed by atoms with Gasteiger partial charge >= 0.3 is 0 Å². The third-order valence-electron chi connectivity index (χ3n) is 3.91. The first-order valence-electron chi connectivity index (χ1n) is 8.01. The second-order valence-corrected chi connectivity index (χ2v) is 5.67. The van der Waals surface area contributed by atoms with Crippen LogP contribution in [-0.4, -0.2) is 5.11 Å². The minimum Gasteiger partial charge on any atom is -0.507 e. The summed E-state index contributed by atoms with van der Waals surface area (Å²) in [5, 5.41) is 13.3. The second-order valence-electron chi connectivity index (χ2n) is 5.67. The minimum absolute atomic E-state index is 0.199. The molecule has 3 nitrogen and oxygen atoms in total. The Morgan fingerprint density at radius 2 is 1.44 bits per heavy atom. The topological polar surface area (TPSA) is 58.3 Å². The normalized spacial score (nSPS) is 10.7. The number of phenolic OH excluding ortho intramolecular Hbond substituents is 1. The molecule has 0 atom stereocenters. The summed E-state index contributed by atoms with van der Waals surface area (Å²) in [5.41, 5.74) is 10.9. The first kappa shape index (κ1) is 16.4. The Hall–Kier alpha value is -3.46. The van der Waals surface area contributed by atoms with E-state index in [1.54, 1.807) is 12.1 Å². The van der Waals surface area contributed by atoms with Gasteiger partial charge in [-0.2, -0.15) is 0 Å². The molecule has 0 aliphatic heterocycles. The van der Waals surface area contributed by atoms with Crippen LogP contribution in [0.5, 0.6) is 5.75 Å². The van der Waals surface area contributed by atoms with Gasteiger partial charge in [-0.1, -0.05) is 67.3 Å². The molecule has 0 aromatic heterocycles. The SMILES string of the molecule is C=C(Nc1ccccc1/C=C/c1ccccc1N)c1ccccc1O. The molecule has 3 aromatic rings. The summed E-state index contributed by atoms with van der Waals surface area (Å²) in [6.07, 6.45) is 3.99. The van der Waals surface area contributed by atoms with Gasteiger partial charge in [0.2, 0.25) is 0 Å². The third-order valence-corrected chi connectivity index (χ3v) is 3.91. The highest BCUT2D eigenvalue weighted by Crippen LogP contribution is 2.27. The zero-order valence-electron chi connectivity index (χ0n) is 13.8. The number of nitrogen functional groups attached to an aromatic ring is 1. The van der Waals surface area contributed by atoms with Gasteiger partial charge in [-0.05, 0) is 35.4 Å². The van der Waals surface area contributed by atoms with E-state index < -0.39 is 0 Å². The van der Waals surface area contributed by atoms with Crippen LogP contribution >= 0.6 is 0 Å². The van der Waals surface area contributed by atoms with Crippen LogP contribution in [-0.2, 0) is 0 Å². The molecule has 0 spiro atoms. The van der Waals surface area contributed by atoms with E-state index in [2.05, 4.69) is 11.9 Å². The Morgan fingerprint density at radius 1 is 0.840 bits per heavy atom. The highest BCUT2D eigenvalue weighted by atomic mass is 16.3. The number of rotatable bonds is 5. The lowest BCUT2D eigenvalue weighted by Crippen LogP contribution is -1.99. The summed E-state index contributed by atoms with van der Waals surface area (Å²) < 4.78 is 0. The van der Waals surface area contributed by atoms with Crippen molar-refractivity contribution in [2.24, 2.45) is 0 Å². The largest absolute Gasteiger partial charge is 0.507 e. The molecule has 25 heavy (non-hydrogen) atoms. The number of nitrogens with one attached hydrogen (secondary N) is 1. The predicted octanol–water partition coefficient (Wildman–Crippen LogP) is 5.23. The molecule has 4 N–H and O–H groups in total. The van der Waals surface area contributed by atoms with Crippen molar-refractivity contribution in [3.8, 4) is 5.75 Å². The van der Waals surface area contributed by atoms with Crippen molar-refractivity contribution in [2.45, 2.75) is 0 Å². The Labute approximate surface area is 147 Å². The molecule has 0 fully saturated rings. The number of phenols is 1. The Balaban J connectivity index is 1.85. The van der Waals surface area contributed by atoms with E-state index in [1.807, 2.05) is 72.8 Å². The summed E-state index contributed by atoms with van der Waals surface area (Å²) in [5.74, 6) is 0.199. The summed E-state index contributed by atoms with van der Waals surface area (Å²) in [6.45, 7) is 4.04. The molecule has 3 rings (SSSR count). The van der Waals surface area contributed by atoms with Crippen LogP contribution in [0.25, 0.3) is 17.8 Å². The van der Waals surface area contributed by atoms with Gasteiger partial charge in [0.25, 0.3) is 0 Å². The maximum Gasteiger partial charge on any atom is 0.124 e. The van der Waals surface area contributed by atoms with E-state index in [1.165, 1.54) is 0 Å². The van der Waals surface area contributed by atoms with Crippen LogP contribution in [0, 0.1) is 0 Å². The number of nitrogens with two attached hydrogens (primary N) is 1. The number of anilines is 2. The lowest BCUT2D eigenvalue weighted by molar-refractivity contribution is 0.473. The summed E-state index contributed by atoms with van der Waals surface area (Å²) >= 11 is 0. The third kappa shape index (κ3) is 3.90. The molecule has 0 saturated heterocycles. The summed E-state index contributed by atoms with van der Waals surface area (Å²) in [4.78, 5) is 0. The average molecular weight is 328 g/mol. The van der Waals surface area contributed by atoms with E-state index in [0.29, 0.717) is 11.3 Å².